The fourth-order valence-electron chi connectivity index (χ4n) is 0.657. The van der Waals surface area contributed by atoms with Gasteiger partial charge in [0, 0.05) is 5.69 Å². The Morgan fingerprint density at radius 3 is 2.70 bits per heavy atom. The first-order chi connectivity index (χ1) is 4.70. The van der Waals surface area contributed by atoms with E-state index in [4.69, 9.17) is 0 Å². The van der Waals surface area contributed by atoms with Crippen LogP contribution in [0.15, 0.2) is 18.2 Å². The van der Waals surface area contributed by atoms with Crippen molar-refractivity contribution in [1.29, 1.82) is 0 Å². The monoisotopic (exact) mass is 136 g/mol. The molecule has 3 heteroatoms. The number of carboxylic acids is 1. The second-order valence-corrected chi connectivity index (χ2v) is 1.95. The smallest absolute Gasteiger partial charge is 0.0900 e. The molecule has 0 spiro atoms. The molecule has 0 radical (unpaired) electrons. The summed E-state index contributed by atoms with van der Waals surface area (Å²) in [6.45, 7) is 1.73. The average molecular weight is 136 g/mol. The van der Waals surface area contributed by atoms with Gasteiger partial charge in [0.2, 0.25) is 0 Å². The minimum Gasteiger partial charge on any atom is -0.543 e. The highest BCUT2D eigenvalue weighted by molar-refractivity contribution is 5.83. The zero-order valence-electron chi connectivity index (χ0n) is 5.50. The molecule has 0 unspecified atom stereocenters. The van der Waals surface area contributed by atoms with Crippen LogP contribution in [-0.2, 0) is 0 Å². The van der Waals surface area contributed by atoms with Gasteiger partial charge in [-0.1, -0.05) is 6.07 Å². The number of pyridine rings is 1. The van der Waals surface area contributed by atoms with Crippen LogP contribution in [0.5, 0.6) is 0 Å². The first-order valence-corrected chi connectivity index (χ1v) is 2.85. The van der Waals surface area contributed by atoms with E-state index in [0.717, 1.165) is 0 Å². The quantitative estimate of drug-likeness (QED) is 0.535. The Morgan fingerprint density at radius 2 is 2.30 bits per heavy atom. The number of hydrogen-bond donors (Lipinski definition) is 0. The van der Waals surface area contributed by atoms with Gasteiger partial charge in [0.25, 0.3) is 0 Å². The minimum atomic E-state index is -1.23. The fraction of sp³-hybridized carbons (Fsp3) is 0.143. The third-order valence-corrected chi connectivity index (χ3v) is 1.10. The van der Waals surface area contributed by atoms with Crippen molar-refractivity contribution in [3.8, 4) is 0 Å². The van der Waals surface area contributed by atoms with Crippen LogP contribution in [0.3, 0.4) is 0 Å². The van der Waals surface area contributed by atoms with E-state index in [-0.39, 0.29) is 5.69 Å². The first kappa shape index (κ1) is 6.74. The maximum atomic E-state index is 10.2. The summed E-state index contributed by atoms with van der Waals surface area (Å²) in [6, 6.07) is 4.77. The predicted molar refractivity (Wildman–Crippen MR) is 33.3 cm³/mol. The highest BCUT2D eigenvalue weighted by Gasteiger charge is 1.92. The Labute approximate surface area is 58.3 Å². The minimum absolute atomic E-state index is 0.0139. The van der Waals surface area contributed by atoms with Gasteiger partial charge in [-0.2, -0.15) is 0 Å². The molecule has 0 bridgehead atoms. The van der Waals surface area contributed by atoms with Crippen molar-refractivity contribution in [2.75, 3.05) is 0 Å². The number of carbonyl (C=O) groups excluding carboxylic acids is 1. The van der Waals surface area contributed by atoms with E-state index in [9.17, 15) is 9.90 Å². The molecule has 0 atom stereocenters. The van der Waals surface area contributed by atoms with Crippen molar-refractivity contribution in [2.24, 2.45) is 0 Å². The molecule has 0 saturated heterocycles. The molecular weight excluding hydrogens is 130 g/mol. The van der Waals surface area contributed by atoms with Gasteiger partial charge in [0.1, 0.15) is 0 Å². The number of nitrogens with zero attached hydrogens (tertiary/aromatic N) is 1. The largest absolute Gasteiger partial charge is 0.543 e. The van der Waals surface area contributed by atoms with Gasteiger partial charge >= 0.3 is 0 Å². The third-order valence-electron chi connectivity index (χ3n) is 1.10. The predicted octanol–water partition coefficient (Wildman–Crippen LogP) is -0.246. The second kappa shape index (κ2) is 2.47. The van der Waals surface area contributed by atoms with E-state index in [2.05, 4.69) is 4.98 Å². The normalized spacial score (nSPS) is 9.30. The average Bonchev–Trinajstić information content (AvgIpc) is 1.88. The Hall–Kier alpha value is -1.38. The number of carboxylic acid groups (broad SMARTS) is 1. The van der Waals surface area contributed by atoms with Crippen LogP contribution >= 0.6 is 0 Å². The Kier molecular flexibility index (Phi) is 1.67. The maximum Gasteiger partial charge on any atom is 0.0900 e. The molecule has 0 aliphatic carbocycles. The lowest BCUT2D eigenvalue weighted by Crippen LogP contribution is -2.23. The van der Waals surface area contributed by atoms with Gasteiger partial charge < -0.3 is 9.90 Å². The van der Waals surface area contributed by atoms with E-state index < -0.39 is 5.97 Å². The van der Waals surface area contributed by atoms with E-state index in [1.807, 2.05) is 0 Å². The molecule has 0 aliphatic heterocycles. The molecule has 0 saturated carbocycles. The summed E-state index contributed by atoms with van der Waals surface area (Å²) >= 11 is 0. The molecule has 0 amide bonds. The fourth-order valence-corrected chi connectivity index (χ4v) is 0.657. The van der Waals surface area contributed by atoms with E-state index >= 15 is 0 Å². The van der Waals surface area contributed by atoms with Gasteiger partial charge in [-0.3, -0.25) is 4.98 Å². The van der Waals surface area contributed by atoms with Crippen molar-refractivity contribution in [2.45, 2.75) is 6.92 Å². The molecule has 52 valence electrons. The van der Waals surface area contributed by atoms with Crippen molar-refractivity contribution in [3.05, 3.63) is 29.6 Å². The zero-order chi connectivity index (χ0) is 7.56. The van der Waals surface area contributed by atoms with Gasteiger partial charge in [-0.25, -0.2) is 0 Å². The number of aromatic nitrogens is 1. The summed E-state index contributed by atoms with van der Waals surface area (Å²) in [4.78, 5) is 13.9. The Balaban J connectivity index is 3.07. The molecule has 0 fully saturated rings. The van der Waals surface area contributed by atoms with Gasteiger partial charge in [0.15, 0.2) is 0 Å². The Bertz CT molecular complexity index is 258. The molecule has 1 rings (SSSR count). The van der Waals surface area contributed by atoms with Crippen LogP contribution in [0.1, 0.15) is 16.2 Å². The number of carbonyl (C=O) groups is 1. The summed E-state index contributed by atoms with van der Waals surface area (Å²) in [5, 5.41) is 10.2. The van der Waals surface area contributed by atoms with Crippen molar-refractivity contribution in [1.82, 2.24) is 4.98 Å². The van der Waals surface area contributed by atoms with E-state index in [1.54, 1.807) is 19.1 Å². The summed E-state index contributed by atoms with van der Waals surface area (Å²) in [5.41, 5.74) is 0.668. The first-order valence-electron chi connectivity index (χ1n) is 2.85. The molecular formula is C7H6NO2-. The second-order valence-electron chi connectivity index (χ2n) is 1.95. The van der Waals surface area contributed by atoms with E-state index in [1.165, 1.54) is 6.07 Å². The molecule has 1 aromatic rings. The van der Waals surface area contributed by atoms with E-state index in [0.29, 0.717) is 5.69 Å². The molecule has 1 aromatic heterocycles. The standard InChI is InChI=1S/C7H7NO2/c1-5-3-2-4-6(8-5)7(9)10/h2-4H,1H3,(H,9,10)/p-1. The SMILES string of the molecule is Cc1cccc(C(=O)[O-])n1. The lowest BCUT2D eigenvalue weighted by molar-refractivity contribution is -0.255. The van der Waals surface area contributed by atoms with Crippen LogP contribution in [0, 0.1) is 6.92 Å². The molecule has 0 aromatic carbocycles. The van der Waals surface area contributed by atoms with Gasteiger partial charge in [-0.15, -0.1) is 0 Å². The van der Waals surface area contributed by atoms with Crippen LogP contribution in [0.2, 0.25) is 0 Å². The summed E-state index contributed by atoms with van der Waals surface area (Å²) in [5.74, 6) is -1.23. The summed E-state index contributed by atoms with van der Waals surface area (Å²) < 4.78 is 0. The van der Waals surface area contributed by atoms with Gasteiger partial charge in [0.05, 0.1) is 11.7 Å². The highest BCUT2D eigenvalue weighted by atomic mass is 16.4. The highest BCUT2D eigenvalue weighted by Crippen LogP contribution is 1.95. The molecule has 0 aliphatic rings. The zero-order valence-corrected chi connectivity index (χ0v) is 5.50. The molecule has 0 N–H and O–H groups in total. The van der Waals surface area contributed by atoms with Crippen molar-refractivity contribution < 1.29 is 9.90 Å². The summed E-state index contributed by atoms with van der Waals surface area (Å²) in [6.07, 6.45) is 0. The van der Waals surface area contributed by atoms with Crippen molar-refractivity contribution in [3.63, 3.8) is 0 Å². The molecule has 1 heterocycles. The van der Waals surface area contributed by atoms with Crippen LogP contribution in [0.4, 0.5) is 0 Å². The van der Waals surface area contributed by atoms with Crippen LogP contribution < -0.4 is 5.11 Å². The van der Waals surface area contributed by atoms with Crippen LogP contribution in [0.25, 0.3) is 0 Å². The number of aryl methyl sites for hydroxylation is 1. The lowest BCUT2D eigenvalue weighted by atomic mass is 10.3. The number of rotatable bonds is 1. The summed E-state index contributed by atoms with van der Waals surface area (Å²) in [7, 11) is 0. The van der Waals surface area contributed by atoms with Crippen molar-refractivity contribution >= 4 is 5.97 Å². The maximum absolute atomic E-state index is 10.2. The number of aromatic carboxylic acids is 1. The topological polar surface area (TPSA) is 53.0 Å². The van der Waals surface area contributed by atoms with Gasteiger partial charge in [-0.05, 0) is 19.1 Å². The third kappa shape index (κ3) is 1.31. The molecule has 10 heavy (non-hydrogen) atoms. The number of hydrogen-bond acceptors (Lipinski definition) is 3. The Morgan fingerprint density at radius 1 is 1.60 bits per heavy atom. The van der Waals surface area contributed by atoms with Crippen LogP contribution in [-0.4, -0.2) is 11.0 Å². The lowest BCUT2D eigenvalue weighted by Gasteiger charge is -1.99. The molecule has 3 nitrogen and oxygen atoms in total.